The van der Waals surface area contributed by atoms with Gasteiger partial charge in [-0.25, -0.2) is 0 Å². The first-order valence-corrected chi connectivity index (χ1v) is 8.58. The molecule has 1 aromatic carbocycles. The molecule has 1 amide bonds. The van der Waals surface area contributed by atoms with Gasteiger partial charge in [-0.2, -0.15) is 0 Å². The number of nitrogens with one attached hydrogen (secondary N) is 1. The number of aliphatic hydroxyl groups is 2. The van der Waals surface area contributed by atoms with E-state index in [1.807, 2.05) is 37.3 Å². The second kappa shape index (κ2) is 9.26. The van der Waals surface area contributed by atoms with Gasteiger partial charge in [-0.3, -0.25) is 4.79 Å². The Morgan fingerprint density at radius 1 is 1.40 bits per heavy atom. The predicted octanol–water partition coefficient (Wildman–Crippen LogP) is -0.413. The molecular formula is C18H28N2O5. The van der Waals surface area contributed by atoms with Gasteiger partial charge in [-0.15, -0.1) is 0 Å². The zero-order chi connectivity index (χ0) is 18.4. The van der Waals surface area contributed by atoms with Crippen LogP contribution in [0.15, 0.2) is 30.3 Å². The predicted molar refractivity (Wildman–Crippen MR) is 92.9 cm³/mol. The molecule has 0 saturated carbocycles. The molecule has 1 aliphatic rings. The second-order valence-corrected chi connectivity index (χ2v) is 6.55. The Hall–Kier alpha value is -1.51. The van der Waals surface area contributed by atoms with Gasteiger partial charge in [0.15, 0.2) is 0 Å². The number of ether oxygens (including phenoxy) is 2. The quantitative estimate of drug-likeness (QED) is 0.530. The van der Waals surface area contributed by atoms with Crippen molar-refractivity contribution >= 4 is 5.91 Å². The van der Waals surface area contributed by atoms with E-state index in [9.17, 15) is 15.0 Å². The van der Waals surface area contributed by atoms with Gasteiger partial charge < -0.3 is 30.7 Å². The maximum atomic E-state index is 12.3. The minimum atomic E-state index is -1.08. The van der Waals surface area contributed by atoms with Gasteiger partial charge in [0.1, 0.15) is 24.4 Å². The molecule has 0 aliphatic carbocycles. The van der Waals surface area contributed by atoms with Crippen molar-refractivity contribution in [2.24, 2.45) is 5.73 Å². The molecule has 2 rings (SSSR count). The van der Waals surface area contributed by atoms with E-state index < -0.39 is 30.5 Å². The molecule has 1 fully saturated rings. The van der Waals surface area contributed by atoms with Crippen molar-refractivity contribution in [3.63, 3.8) is 0 Å². The van der Waals surface area contributed by atoms with Crippen molar-refractivity contribution in [1.29, 1.82) is 0 Å². The van der Waals surface area contributed by atoms with E-state index in [1.54, 1.807) is 6.92 Å². The number of benzene rings is 1. The van der Waals surface area contributed by atoms with Crippen LogP contribution in [0.4, 0.5) is 0 Å². The molecule has 6 atom stereocenters. The van der Waals surface area contributed by atoms with Crippen LogP contribution in [0, 0.1) is 0 Å². The van der Waals surface area contributed by atoms with E-state index in [0.29, 0.717) is 6.42 Å². The van der Waals surface area contributed by atoms with E-state index >= 15 is 0 Å². The Balaban J connectivity index is 1.86. The summed E-state index contributed by atoms with van der Waals surface area (Å²) in [5.41, 5.74) is 7.05. The van der Waals surface area contributed by atoms with Crippen molar-refractivity contribution in [3.05, 3.63) is 35.9 Å². The number of rotatable bonds is 7. The second-order valence-electron chi connectivity index (χ2n) is 6.55. The van der Waals surface area contributed by atoms with Crippen LogP contribution in [0.3, 0.4) is 0 Å². The minimum Gasteiger partial charge on any atom is -0.394 e. The van der Waals surface area contributed by atoms with E-state index in [-0.39, 0.29) is 25.2 Å². The van der Waals surface area contributed by atoms with Gasteiger partial charge in [0.25, 0.3) is 0 Å². The molecule has 1 aromatic rings. The molecular weight excluding hydrogens is 324 g/mol. The van der Waals surface area contributed by atoms with Crippen molar-refractivity contribution < 1.29 is 24.5 Å². The molecule has 1 aliphatic heterocycles. The number of hydrogen-bond donors (Lipinski definition) is 4. The number of carbonyl (C=O) groups is 1. The Bertz CT molecular complexity index is 542. The Morgan fingerprint density at radius 2 is 2.08 bits per heavy atom. The Kier molecular flexibility index (Phi) is 7.34. The lowest BCUT2D eigenvalue weighted by atomic mass is 9.98. The van der Waals surface area contributed by atoms with Gasteiger partial charge >= 0.3 is 0 Å². The zero-order valence-electron chi connectivity index (χ0n) is 14.7. The van der Waals surface area contributed by atoms with Crippen LogP contribution in [0.1, 0.15) is 19.4 Å². The summed E-state index contributed by atoms with van der Waals surface area (Å²) in [6, 6.07) is 9.27. The number of carbonyl (C=O) groups excluding carboxylic acids is 1. The molecule has 7 nitrogen and oxygen atoms in total. The molecule has 0 radical (unpaired) electrons. The van der Waals surface area contributed by atoms with Gasteiger partial charge in [-0.05, 0) is 25.8 Å². The summed E-state index contributed by atoms with van der Waals surface area (Å²) in [5.74, 6) is -0.269. The van der Waals surface area contributed by atoms with Crippen LogP contribution in [-0.4, -0.2) is 65.8 Å². The monoisotopic (exact) mass is 352 g/mol. The summed E-state index contributed by atoms with van der Waals surface area (Å²) in [7, 11) is 0. The van der Waals surface area contributed by atoms with E-state index in [0.717, 1.165) is 5.56 Å². The fourth-order valence-corrected chi connectivity index (χ4v) is 2.91. The van der Waals surface area contributed by atoms with Crippen LogP contribution in [0.25, 0.3) is 0 Å². The highest BCUT2D eigenvalue weighted by Gasteiger charge is 2.40. The van der Waals surface area contributed by atoms with E-state index in [2.05, 4.69) is 5.32 Å². The highest BCUT2D eigenvalue weighted by Crippen LogP contribution is 2.18. The largest absolute Gasteiger partial charge is 0.394 e. The molecule has 25 heavy (non-hydrogen) atoms. The first-order chi connectivity index (χ1) is 11.9. The minimum absolute atomic E-state index is 0.0561. The average molecular weight is 352 g/mol. The number of hydrogen-bond acceptors (Lipinski definition) is 6. The van der Waals surface area contributed by atoms with Gasteiger partial charge in [-0.1, -0.05) is 30.3 Å². The average Bonchev–Trinajstić information content (AvgIpc) is 2.59. The summed E-state index contributed by atoms with van der Waals surface area (Å²) in [4.78, 5) is 12.3. The third-order valence-electron chi connectivity index (χ3n) is 4.33. The molecule has 140 valence electrons. The lowest BCUT2D eigenvalue weighted by Gasteiger charge is -2.39. The molecule has 1 saturated heterocycles. The Labute approximate surface area is 148 Å². The highest BCUT2D eigenvalue weighted by molar-refractivity contribution is 5.80. The molecule has 0 aromatic heterocycles. The van der Waals surface area contributed by atoms with Gasteiger partial charge in [0.2, 0.25) is 5.91 Å². The van der Waals surface area contributed by atoms with Gasteiger partial charge in [0.05, 0.1) is 19.3 Å². The van der Waals surface area contributed by atoms with Crippen molar-refractivity contribution in [1.82, 2.24) is 5.32 Å². The standard InChI is InChI=1S/C18H28N2O5/c1-11(8-13-6-4-3-5-7-13)20-18(23)12(2)25-17-14(19)10-24-15(9-21)16(17)22/h3-7,11-12,14-17,21-22H,8-10,19H2,1-2H3,(H,20,23)/t11-,12+,14?,15?,16+,17?/m0/s1. The van der Waals surface area contributed by atoms with Crippen molar-refractivity contribution in [2.75, 3.05) is 13.2 Å². The van der Waals surface area contributed by atoms with Crippen molar-refractivity contribution in [3.8, 4) is 0 Å². The normalized spacial score (nSPS) is 29.0. The van der Waals surface area contributed by atoms with Crippen LogP contribution in [-0.2, 0) is 20.7 Å². The van der Waals surface area contributed by atoms with Crippen LogP contribution >= 0.6 is 0 Å². The summed E-state index contributed by atoms with van der Waals surface area (Å²) in [6.45, 7) is 3.37. The zero-order valence-corrected chi connectivity index (χ0v) is 14.7. The summed E-state index contributed by atoms with van der Waals surface area (Å²) in [6.07, 6.45) is -2.66. The molecule has 3 unspecified atom stereocenters. The number of aliphatic hydroxyl groups excluding tert-OH is 2. The lowest BCUT2D eigenvalue weighted by Crippen LogP contribution is -2.60. The summed E-state index contributed by atoms with van der Waals surface area (Å²) < 4.78 is 10.9. The fourth-order valence-electron chi connectivity index (χ4n) is 2.91. The van der Waals surface area contributed by atoms with E-state index in [4.69, 9.17) is 15.2 Å². The van der Waals surface area contributed by atoms with Crippen LogP contribution in [0.5, 0.6) is 0 Å². The highest BCUT2D eigenvalue weighted by atomic mass is 16.6. The molecule has 0 spiro atoms. The SMILES string of the molecule is C[C@@H](Cc1ccccc1)NC(=O)[C@@H](C)OC1C(N)COC(CO)[C@H]1O. The molecule has 0 bridgehead atoms. The lowest BCUT2D eigenvalue weighted by molar-refractivity contribution is -0.188. The molecule has 1 heterocycles. The third kappa shape index (κ3) is 5.49. The van der Waals surface area contributed by atoms with Crippen LogP contribution in [0.2, 0.25) is 0 Å². The molecule has 5 N–H and O–H groups in total. The van der Waals surface area contributed by atoms with E-state index in [1.165, 1.54) is 0 Å². The maximum Gasteiger partial charge on any atom is 0.249 e. The number of amides is 1. The first kappa shape index (κ1) is 19.8. The third-order valence-corrected chi connectivity index (χ3v) is 4.33. The Morgan fingerprint density at radius 3 is 2.72 bits per heavy atom. The maximum absolute atomic E-state index is 12.3. The topological polar surface area (TPSA) is 114 Å². The van der Waals surface area contributed by atoms with Crippen molar-refractivity contribution in [2.45, 2.75) is 56.8 Å². The molecule has 7 heteroatoms. The van der Waals surface area contributed by atoms with Gasteiger partial charge in [0, 0.05) is 6.04 Å². The summed E-state index contributed by atoms with van der Waals surface area (Å²) >= 11 is 0. The summed E-state index contributed by atoms with van der Waals surface area (Å²) in [5, 5.41) is 22.3. The van der Waals surface area contributed by atoms with Crippen LogP contribution < -0.4 is 11.1 Å². The fraction of sp³-hybridized carbons (Fsp3) is 0.611. The smallest absolute Gasteiger partial charge is 0.249 e. The number of nitrogens with two attached hydrogens (primary N) is 1. The first-order valence-electron chi connectivity index (χ1n) is 8.58.